The van der Waals surface area contributed by atoms with Crippen molar-refractivity contribution in [3.05, 3.63) is 17.5 Å². The number of nitrogens with one attached hydrogen (secondary N) is 1. The van der Waals surface area contributed by atoms with Gasteiger partial charge in [-0.25, -0.2) is 0 Å². The van der Waals surface area contributed by atoms with E-state index in [1.165, 1.54) is 18.5 Å². The predicted molar refractivity (Wildman–Crippen MR) is 82.1 cm³/mol. The fourth-order valence-electron chi connectivity index (χ4n) is 3.80. The molecule has 0 saturated carbocycles. The summed E-state index contributed by atoms with van der Waals surface area (Å²) in [5, 5.41) is 7.91. The lowest BCUT2D eigenvalue weighted by atomic mass is 10.1. The smallest absolute Gasteiger partial charge is 0.223 e. The molecule has 21 heavy (non-hydrogen) atoms. The standard InChI is InChI=1S/C16H26N4O/c1-12-10-13(2)19(18-12)9-3-4-16(21)20-14-5-6-15(20)11-17-8-7-14/h10,14-15,17H,3-9,11H2,1-2H3/t14-,15+/m1/s1. The number of hydrogen-bond acceptors (Lipinski definition) is 3. The topological polar surface area (TPSA) is 50.2 Å². The molecule has 2 atom stereocenters. The van der Waals surface area contributed by atoms with Gasteiger partial charge in [0.2, 0.25) is 5.91 Å². The SMILES string of the molecule is Cc1cc(C)n(CCCC(=O)N2[C@H]3CCNC[C@@H]2CC3)n1. The number of aryl methyl sites for hydroxylation is 3. The lowest BCUT2D eigenvalue weighted by Crippen LogP contribution is -2.42. The van der Waals surface area contributed by atoms with Crippen LogP contribution in [0.15, 0.2) is 6.07 Å². The largest absolute Gasteiger partial charge is 0.335 e. The van der Waals surface area contributed by atoms with E-state index in [-0.39, 0.29) is 0 Å². The van der Waals surface area contributed by atoms with Gasteiger partial charge in [0.1, 0.15) is 0 Å². The molecule has 116 valence electrons. The van der Waals surface area contributed by atoms with E-state index < -0.39 is 0 Å². The minimum Gasteiger partial charge on any atom is -0.335 e. The van der Waals surface area contributed by atoms with Gasteiger partial charge in [-0.3, -0.25) is 9.48 Å². The Morgan fingerprint density at radius 2 is 2.14 bits per heavy atom. The number of hydrogen-bond donors (Lipinski definition) is 1. The van der Waals surface area contributed by atoms with Crippen molar-refractivity contribution in [3.8, 4) is 0 Å². The van der Waals surface area contributed by atoms with E-state index in [1.807, 2.05) is 11.6 Å². The van der Waals surface area contributed by atoms with Crippen molar-refractivity contribution in [3.63, 3.8) is 0 Å². The number of amides is 1. The van der Waals surface area contributed by atoms with Crippen LogP contribution in [0.5, 0.6) is 0 Å². The highest BCUT2D eigenvalue weighted by molar-refractivity contribution is 5.77. The summed E-state index contributed by atoms with van der Waals surface area (Å²) < 4.78 is 2.02. The highest BCUT2D eigenvalue weighted by Crippen LogP contribution is 2.28. The Morgan fingerprint density at radius 3 is 2.90 bits per heavy atom. The molecule has 0 spiro atoms. The molecule has 0 aliphatic carbocycles. The normalized spacial score (nSPS) is 25.1. The van der Waals surface area contributed by atoms with E-state index in [0.717, 1.165) is 38.2 Å². The third-order valence-electron chi connectivity index (χ3n) is 4.81. The zero-order valence-corrected chi connectivity index (χ0v) is 13.1. The molecule has 2 bridgehead atoms. The van der Waals surface area contributed by atoms with Gasteiger partial charge in [0, 0.05) is 37.3 Å². The second-order valence-electron chi connectivity index (χ2n) is 6.43. The minimum absolute atomic E-state index is 0.340. The number of rotatable bonds is 4. The van der Waals surface area contributed by atoms with Crippen LogP contribution in [0.3, 0.4) is 0 Å². The summed E-state index contributed by atoms with van der Waals surface area (Å²) in [6.07, 6.45) is 4.99. The Hall–Kier alpha value is -1.36. The maximum absolute atomic E-state index is 12.6. The average molecular weight is 290 g/mol. The average Bonchev–Trinajstić information content (AvgIpc) is 2.87. The molecule has 1 N–H and O–H groups in total. The van der Waals surface area contributed by atoms with Crippen LogP contribution < -0.4 is 5.32 Å². The van der Waals surface area contributed by atoms with E-state index in [9.17, 15) is 4.79 Å². The molecule has 3 heterocycles. The number of nitrogens with zero attached hydrogens (tertiary/aromatic N) is 3. The summed E-state index contributed by atoms with van der Waals surface area (Å²) in [7, 11) is 0. The molecule has 5 nitrogen and oxygen atoms in total. The molecule has 1 aromatic heterocycles. The highest BCUT2D eigenvalue weighted by atomic mass is 16.2. The molecule has 1 aromatic rings. The van der Waals surface area contributed by atoms with Crippen molar-refractivity contribution >= 4 is 5.91 Å². The van der Waals surface area contributed by atoms with Crippen LogP contribution in [0.25, 0.3) is 0 Å². The van der Waals surface area contributed by atoms with Gasteiger partial charge in [-0.1, -0.05) is 0 Å². The summed E-state index contributed by atoms with van der Waals surface area (Å²) in [6, 6.07) is 2.99. The molecular formula is C16H26N4O. The molecular weight excluding hydrogens is 264 g/mol. The van der Waals surface area contributed by atoms with Crippen LogP contribution in [0.1, 0.15) is 43.5 Å². The van der Waals surface area contributed by atoms with Gasteiger partial charge in [0.05, 0.1) is 5.69 Å². The minimum atomic E-state index is 0.340. The third-order valence-corrected chi connectivity index (χ3v) is 4.81. The van der Waals surface area contributed by atoms with Crippen LogP contribution >= 0.6 is 0 Å². The number of fused-ring (bicyclic) bond motifs is 2. The van der Waals surface area contributed by atoms with E-state index in [1.54, 1.807) is 0 Å². The first-order valence-electron chi connectivity index (χ1n) is 8.18. The first kappa shape index (κ1) is 14.6. The zero-order valence-electron chi connectivity index (χ0n) is 13.1. The molecule has 2 aliphatic heterocycles. The van der Waals surface area contributed by atoms with Gasteiger partial charge in [-0.15, -0.1) is 0 Å². The third kappa shape index (κ3) is 3.12. The monoisotopic (exact) mass is 290 g/mol. The van der Waals surface area contributed by atoms with Crippen molar-refractivity contribution in [2.75, 3.05) is 13.1 Å². The number of aromatic nitrogens is 2. The zero-order chi connectivity index (χ0) is 14.8. The first-order valence-corrected chi connectivity index (χ1v) is 8.18. The Morgan fingerprint density at radius 1 is 1.33 bits per heavy atom. The van der Waals surface area contributed by atoms with Crippen LogP contribution in [0.4, 0.5) is 0 Å². The van der Waals surface area contributed by atoms with Gasteiger partial charge in [-0.05, 0) is 52.1 Å². The Kier molecular flexibility index (Phi) is 4.29. The molecule has 3 rings (SSSR count). The maximum Gasteiger partial charge on any atom is 0.223 e. The summed E-state index contributed by atoms with van der Waals surface area (Å²) in [4.78, 5) is 14.7. The Balaban J connectivity index is 1.53. The van der Waals surface area contributed by atoms with Gasteiger partial charge < -0.3 is 10.2 Å². The van der Waals surface area contributed by atoms with Crippen molar-refractivity contribution in [1.82, 2.24) is 20.0 Å². The lowest BCUT2D eigenvalue weighted by molar-refractivity contribution is -0.133. The first-order chi connectivity index (χ1) is 10.1. The summed E-state index contributed by atoms with van der Waals surface area (Å²) >= 11 is 0. The molecule has 2 saturated heterocycles. The maximum atomic E-state index is 12.6. The van der Waals surface area contributed by atoms with E-state index in [0.29, 0.717) is 24.4 Å². The second-order valence-corrected chi connectivity index (χ2v) is 6.43. The summed E-state index contributed by atoms with van der Waals surface area (Å²) in [5.74, 6) is 0.340. The van der Waals surface area contributed by atoms with E-state index in [4.69, 9.17) is 0 Å². The molecule has 5 heteroatoms. The summed E-state index contributed by atoms with van der Waals surface area (Å²) in [5.41, 5.74) is 2.23. The number of carbonyl (C=O) groups is 1. The molecule has 0 unspecified atom stereocenters. The molecule has 2 fully saturated rings. The molecule has 0 radical (unpaired) electrons. The van der Waals surface area contributed by atoms with Crippen LogP contribution in [0.2, 0.25) is 0 Å². The molecule has 2 aliphatic rings. The van der Waals surface area contributed by atoms with Crippen LogP contribution in [-0.4, -0.2) is 45.8 Å². The highest BCUT2D eigenvalue weighted by Gasteiger charge is 2.37. The fraction of sp³-hybridized carbons (Fsp3) is 0.750. The van der Waals surface area contributed by atoms with Crippen LogP contribution in [0, 0.1) is 13.8 Å². The number of carbonyl (C=O) groups excluding carboxylic acids is 1. The van der Waals surface area contributed by atoms with E-state index >= 15 is 0 Å². The van der Waals surface area contributed by atoms with E-state index in [2.05, 4.69) is 28.3 Å². The van der Waals surface area contributed by atoms with Crippen LogP contribution in [-0.2, 0) is 11.3 Å². The predicted octanol–water partition coefficient (Wildman–Crippen LogP) is 1.63. The van der Waals surface area contributed by atoms with Gasteiger partial charge in [0.25, 0.3) is 0 Å². The summed E-state index contributed by atoms with van der Waals surface area (Å²) in [6.45, 7) is 6.95. The fourth-order valence-corrected chi connectivity index (χ4v) is 3.80. The van der Waals surface area contributed by atoms with Crippen molar-refractivity contribution in [2.24, 2.45) is 0 Å². The van der Waals surface area contributed by atoms with Gasteiger partial charge in [0.15, 0.2) is 0 Å². The molecule has 1 amide bonds. The van der Waals surface area contributed by atoms with Crippen molar-refractivity contribution in [2.45, 2.75) is 64.6 Å². The van der Waals surface area contributed by atoms with Gasteiger partial charge >= 0.3 is 0 Å². The van der Waals surface area contributed by atoms with Gasteiger partial charge in [-0.2, -0.15) is 5.10 Å². The van der Waals surface area contributed by atoms with Crippen molar-refractivity contribution in [1.29, 1.82) is 0 Å². The van der Waals surface area contributed by atoms with Crippen molar-refractivity contribution < 1.29 is 4.79 Å². The Bertz CT molecular complexity index is 496. The lowest BCUT2D eigenvalue weighted by Gasteiger charge is -2.28. The second kappa shape index (κ2) is 6.18. The molecule has 0 aromatic carbocycles. The quantitative estimate of drug-likeness (QED) is 0.917. The Labute approximate surface area is 126 Å².